The first-order chi connectivity index (χ1) is 10.5. The lowest BCUT2D eigenvalue weighted by Gasteiger charge is -2.08. The molecule has 0 fully saturated rings. The number of nitrogens with zero attached hydrogens (tertiary/aromatic N) is 1. The van der Waals surface area contributed by atoms with E-state index in [-0.39, 0.29) is 5.57 Å². The molecule has 1 amide bonds. The molecule has 110 valence electrons. The van der Waals surface area contributed by atoms with Crippen LogP contribution in [-0.2, 0) is 4.79 Å². The predicted octanol–water partition coefficient (Wildman–Crippen LogP) is 4.50. The summed E-state index contributed by atoms with van der Waals surface area (Å²) in [6.07, 6.45) is 1.54. The van der Waals surface area contributed by atoms with Gasteiger partial charge in [-0.2, -0.15) is 5.26 Å². The van der Waals surface area contributed by atoms with Crippen LogP contribution < -0.4 is 5.32 Å². The maximum atomic E-state index is 12.2. The Morgan fingerprint density at radius 1 is 1.18 bits per heavy atom. The maximum absolute atomic E-state index is 12.2. The predicted molar refractivity (Wildman–Crippen MR) is 89.6 cm³/mol. The van der Waals surface area contributed by atoms with E-state index in [1.165, 1.54) is 6.08 Å². The van der Waals surface area contributed by atoms with Crippen LogP contribution in [0.25, 0.3) is 6.08 Å². The van der Waals surface area contributed by atoms with E-state index in [9.17, 15) is 10.1 Å². The van der Waals surface area contributed by atoms with Gasteiger partial charge in [0.2, 0.25) is 0 Å². The molecule has 0 atom stereocenters. The molecule has 1 N–H and O–H groups in total. The summed E-state index contributed by atoms with van der Waals surface area (Å²) in [6.45, 7) is 3.90. The fourth-order valence-corrected chi connectivity index (χ4v) is 2.14. The molecule has 22 heavy (non-hydrogen) atoms. The van der Waals surface area contributed by atoms with Gasteiger partial charge in [0, 0.05) is 10.7 Å². The number of halogens is 1. The van der Waals surface area contributed by atoms with Crippen molar-refractivity contribution in [2.24, 2.45) is 0 Å². The number of carbonyl (C=O) groups is 1. The Balaban J connectivity index is 2.22. The lowest BCUT2D eigenvalue weighted by atomic mass is 10.1. The van der Waals surface area contributed by atoms with Gasteiger partial charge in [0.25, 0.3) is 5.91 Å². The molecule has 0 saturated heterocycles. The van der Waals surface area contributed by atoms with Crippen molar-refractivity contribution in [3.63, 3.8) is 0 Å². The summed E-state index contributed by atoms with van der Waals surface area (Å²) in [6, 6.07) is 14.6. The van der Waals surface area contributed by atoms with E-state index in [0.717, 1.165) is 16.7 Å². The second-order valence-corrected chi connectivity index (χ2v) is 5.43. The number of amides is 1. The van der Waals surface area contributed by atoms with E-state index < -0.39 is 5.91 Å². The molecule has 0 bridgehead atoms. The zero-order chi connectivity index (χ0) is 16.1. The molecule has 0 saturated carbocycles. The molecule has 0 aliphatic carbocycles. The first-order valence-corrected chi connectivity index (χ1v) is 7.13. The van der Waals surface area contributed by atoms with Crippen LogP contribution in [0.4, 0.5) is 5.69 Å². The minimum Gasteiger partial charge on any atom is -0.321 e. The Labute approximate surface area is 134 Å². The number of rotatable bonds is 3. The molecule has 3 nitrogen and oxygen atoms in total. The van der Waals surface area contributed by atoms with Crippen molar-refractivity contribution >= 4 is 29.3 Å². The molecule has 2 aromatic rings. The van der Waals surface area contributed by atoms with Gasteiger partial charge in [-0.25, -0.2) is 0 Å². The van der Waals surface area contributed by atoms with Gasteiger partial charge in [-0.15, -0.1) is 0 Å². The van der Waals surface area contributed by atoms with Crippen molar-refractivity contribution in [3.05, 3.63) is 69.8 Å². The van der Waals surface area contributed by atoms with Crippen molar-refractivity contribution in [1.29, 1.82) is 5.26 Å². The number of benzene rings is 2. The van der Waals surface area contributed by atoms with Gasteiger partial charge in [-0.3, -0.25) is 4.79 Å². The number of hydrogen-bond acceptors (Lipinski definition) is 2. The van der Waals surface area contributed by atoms with Gasteiger partial charge in [0.05, 0.1) is 0 Å². The standard InChI is InChI=1S/C18H15ClN2O/c1-12-3-8-17(13(2)9-12)21-18(22)15(11-20)10-14-4-6-16(19)7-5-14/h3-10H,1-2H3,(H,21,22). The lowest BCUT2D eigenvalue weighted by Crippen LogP contribution is -2.14. The summed E-state index contributed by atoms with van der Waals surface area (Å²) in [5.74, 6) is -0.426. The number of carbonyl (C=O) groups excluding carboxylic acids is 1. The van der Waals surface area contributed by atoms with Crippen molar-refractivity contribution in [2.45, 2.75) is 13.8 Å². The Hall–Kier alpha value is -2.57. The molecule has 0 unspecified atom stereocenters. The van der Waals surface area contributed by atoms with Gasteiger partial charge in [-0.1, -0.05) is 41.4 Å². The zero-order valence-electron chi connectivity index (χ0n) is 12.4. The third kappa shape index (κ3) is 3.97. The molecule has 4 heteroatoms. The second kappa shape index (κ2) is 6.93. The summed E-state index contributed by atoms with van der Waals surface area (Å²) >= 11 is 5.82. The van der Waals surface area contributed by atoms with Crippen LogP contribution in [0.15, 0.2) is 48.0 Å². The van der Waals surface area contributed by atoms with Gasteiger partial charge in [-0.05, 0) is 49.2 Å². The average Bonchev–Trinajstić information content (AvgIpc) is 2.49. The van der Waals surface area contributed by atoms with E-state index in [4.69, 9.17) is 11.6 Å². The summed E-state index contributed by atoms with van der Waals surface area (Å²) in [5.41, 5.74) is 3.57. The lowest BCUT2D eigenvalue weighted by molar-refractivity contribution is -0.112. The first-order valence-electron chi connectivity index (χ1n) is 6.75. The third-order valence-electron chi connectivity index (χ3n) is 3.18. The fourth-order valence-electron chi connectivity index (χ4n) is 2.02. The molecular weight excluding hydrogens is 296 g/mol. The smallest absolute Gasteiger partial charge is 0.266 e. The number of nitrogens with one attached hydrogen (secondary N) is 1. The van der Waals surface area contributed by atoms with E-state index in [2.05, 4.69) is 5.32 Å². The number of nitriles is 1. The van der Waals surface area contributed by atoms with Crippen LogP contribution in [0, 0.1) is 25.2 Å². The monoisotopic (exact) mass is 310 g/mol. The molecule has 2 rings (SSSR count). The highest BCUT2D eigenvalue weighted by Gasteiger charge is 2.10. The quantitative estimate of drug-likeness (QED) is 0.670. The van der Waals surface area contributed by atoms with Crippen molar-refractivity contribution < 1.29 is 4.79 Å². The minimum atomic E-state index is -0.426. The van der Waals surface area contributed by atoms with E-state index in [1.807, 2.05) is 38.1 Å². The molecule has 0 aromatic heterocycles. The number of aryl methyl sites for hydroxylation is 2. The van der Waals surface area contributed by atoms with E-state index >= 15 is 0 Å². The Kier molecular flexibility index (Phi) is 4.98. The highest BCUT2D eigenvalue weighted by atomic mass is 35.5. The van der Waals surface area contributed by atoms with Crippen LogP contribution in [0.3, 0.4) is 0 Å². The molecule has 0 heterocycles. The van der Waals surface area contributed by atoms with Crippen molar-refractivity contribution in [3.8, 4) is 6.07 Å². The SMILES string of the molecule is Cc1ccc(NC(=O)C(C#N)=Cc2ccc(Cl)cc2)c(C)c1. The third-order valence-corrected chi connectivity index (χ3v) is 3.43. The number of hydrogen-bond donors (Lipinski definition) is 1. The minimum absolute atomic E-state index is 0.0438. The van der Waals surface area contributed by atoms with Gasteiger partial charge in [0.15, 0.2) is 0 Å². The van der Waals surface area contributed by atoms with Crippen LogP contribution in [-0.4, -0.2) is 5.91 Å². The van der Waals surface area contributed by atoms with Crippen LogP contribution in [0.5, 0.6) is 0 Å². The highest BCUT2D eigenvalue weighted by molar-refractivity contribution is 6.30. The summed E-state index contributed by atoms with van der Waals surface area (Å²) < 4.78 is 0. The van der Waals surface area contributed by atoms with E-state index in [1.54, 1.807) is 24.3 Å². The first kappa shape index (κ1) is 15.8. The highest BCUT2D eigenvalue weighted by Crippen LogP contribution is 2.18. The summed E-state index contributed by atoms with van der Waals surface area (Å²) in [4.78, 5) is 12.2. The topological polar surface area (TPSA) is 52.9 Å². The van der Waals surface area contributed by atoms with E-state index in [0.29, 0.717) is 10.7 Å². The molecule has 0 radical (unpaired) electrons. The Morgan fingerprint density at radius 3 is 2.45 bits per heavy atom. The average molecular weight is 311 g/mol. The Morgan fingerprint density at radius 2 is 1.86 bits per heavy atom. The van der Waals surface area contributed by atoms with Gasteiger partial charge in [0.1, 0.15) is 11.6 Å². The van der Waals surface area contributed by atoms with Crippen LogP contribution in [0.1, 0.15) is 16.7 Å². The summed E-state index contributed by atoms with van der Waals surface area (Å²) in [5, 5.41) is 12.6. The van der Waals surface area contributed by atoms with Gasteiger partial charge >= 0.3 is 0 Å². The normalized spacial score (nSPS) is 10.9. The van der Waals surface area contributed by atoms with Gasteiger partial charge < -0.3 is 5.32 Å². The molecular formula is C18H15ClN2O. The zero-order valence-corrected chi connectivity index (χ0v) is 13.1. The second-order valence-electron chi connectivity index (χ2n) is 4.99. The molecule has 2 aromatic carbocycles. The molecule has 0 spiro atoms. The fraction of sp³-hybridized carbons (Fsp3) is 0.111. The molecule has 0 aliphatic heterocycles. The number of anilines is 1. The van der Waals surface area contributed by atoms with Crippen LogP contribution in [0.2, 0.25) is 5.02 Å². The van der Waals surface area contributed by atoms with Crippen molar-refractivity contribution in [2.75, 3.05) is 5.32 Å². The summed E-state index contributed by atoms with van der Waals surface area (Å²) in [7, 11) is 0. The Bertz CT molecular complexity index is 771. The largest absolute Gasteiger partial charge is 0.321 e. The van der Waals surface area contributed by atoms with Crippen LogP contribution >= 0.6 is 11.6 Å². The van der Waals surface area contributed by atoms with Crippen molar-refractivity contribution in [1.82, 2.24) is 0 Å². The molecule has 0 aliphatic rings. The maximum Gasteiger partial charge on any atom is 0.266 e.